The number of nitrogens with zero attached hydrogens (tertiary/aromatic N) is 1. The van der Waals surface area contributed by atoms with E-state index < -0.39 is 0 Å². The second-order valence-electron chi connectivity index (χ2n) is 4.83. The van der Waals surface area contributed by atoms with Crippen LogP contribution in [0.3, 0.4) is 0 Å². The van der Waals surface area contributed by atoms with Crippen molar-refractivity contribution in [2.75, 3.05) is 4.90 Å². The molecule has 0 unspecified atom stereocenters. The molecule has 0 radical (unpaired) electrons. The molecule has 0 aromatic heterocycles. The van der Waals surface area contributed by atoms with Crippen LogP contribution in [0.1, 0.15) is 18.5 Å². The maximum absolute atomic E-state index is 12.1. The molecule has 3 rings (SSSR count). The number of halogens is 1. The van der Waals surface area contributed by atoms with E-state index in [0.717, 1.165) is 10.2 Å². The van der Waals surface area contributed by atoms with Crippen LogP contribution in [0.4, 0.5) is 5.69 Å². The third-order valence-corrected chi connectivity index (χ3v) is 4.15. The van der Waals surface area contributed by atoms with Crippen LogP contribution in [0.5, 0.6) is 0 Å². The smallest absolute Gasteiger partial charge is 0.232 e. The highest BCUT2D eigenvalue weighted by Crippen LogP contribution is 2.43. The maximum atomic E-state index is 12.1. The van der Waals surface area contributed by atoms with E-state index in [1.165, 1.54) is 5.56 Å². The van der Waals surface area contributed by atoms with Crippen LogP contribution in [0.25, 0.3) is 0 Å². The first-order valence-corrected chi connectivity index (χ1v) is 7.11. The first-order valence-electron chi connectivity index (χ1n) is 6.32. The summed E-state index contributed by atoms with van der Waals surface area (Å²) in [5, 5.41) is 0. The predicted molar refractivity (Wildman–Crippen MR) is 80.0 cm³/mol. The lowest BCUT2D eigenvalue weighted by atomic mass is 9.83. The van der Waals surface area contributed by atoms with Crippen molar-refractivity contribution in [3.05, 3.63) is 64.6 Å². The monoisotopic (exact) mass is 315 g/mol. The molecule has 0 spiro atoms. The van der Waals surface area contributed by atoms with Crippen molar-refractivity contribution in [3.63, 3.8) is 0 Å². The molecule has 0 bridgehead atoms. The molecule has 0 aliphatic carbocycles. The van der Waals surface area contributed by atoms with Crippen LogP contribution in [0.2, 0.25) is 0 Å². The van der Waals surface area contributed by atoms with E-state index in [9.17, 15) is 4.79 Å². The normalized spacial score (nSPS) is 22.2. The Bertz CT molecular complexity index is 594. The average molecular weight is 316 g/mol. The molecule has 1 heterocycles. The Morgan fingerprint density at radius 1 is 1.00 bits per heavy atom. The van der Waals surface area contributed by atoms with Crippen molar-refractivity contribution >= 4 is 27.5 Å². The van der Waals surface area contributed by atoms with E-state index in [-0.39, 0.29) is 17.9 Å². The summed E-state index contributed by atoms with van der Waals surface area (Å²) in [7, 11) is 0. The van der Waals surface area contributed by atoms with Gasteiger partial charge in [0.1, 0.15) is 0 Å². The predicted octanol–water partition coefficient (Wildman–Crippen LogP) is 4.17. The first-order chi connectivity index (χ1) is 9.18. The Balaban J connectivity index is 1.96. The molecule has 19 heavy (non-hydrogen) atoms. The third kappa shape index (κ3) is 2.08. The standard InChI is InChI=1S/C16H14BrNO/c1-11-15(12-7-9-13(17)10-8-12)18(16(11)19)14-5-3-2-4-6-14/h2-11,15H,1H3/t11-,15+/m1/s1. The summed E-state index contributed by atoms with van der Waals surface area (Å²) in [6.07, 6.45) is 0. The number of carbonyl (C=O) groups is 1. The maximum Gasteiger partial charge on any atom is 0.232 e. The number of β-lactam (4-membered cyclic amide) rings is 1. The van der Waals surface area contributed by atoms with Gasteiger partial charge in [-0.15, -0.1) is 0 Å². The highest BCUT2D eigenvalue weighted by Gasteiger charge is 2.45. The van der Waals surface area contributed by atoms with Crippen molar-refractivity contribution in [2.45, 2.75) is 13.0 Å². The van der Waals surface area contributed by atoms with Crippen LogP contribution in [-0.2, 0) is 4.79 Å². The number of hydrogen-bond acceptors (Lipinski definition) is 1. The highest BCUT2D eigenvalue weighted by molar-refractivity contribution is 9.10. The van der Waals surface area contributed by atoms with Crippen LogP contribution >= 0.6 is 15.9 Å². The van der Waals surface area contributed by atoms with Crippen LogP contribution < -0.4 is 4.90 Å². The summed E-state index contributed by atoms with van der Waals surface area (Å²) in [5.41, 5.74) is 2.15. The molecular formula is C16H14BrNO. The summed E-state index contributed by atoms with van der Waals surface area (Å²) < 4.78 is 1.06. The minimum Gasteiger partial charge on any atom is -0.304 e. The zero-order chi connectivity index (χ0) is 13.4. The quantitative estimate of drug-likeness (QED) is 0.761. The zero-order valence-electron chi connectivity index (χ0n) is 10.6. The van der Waals surface area contributed by atoms with Gasteiger partial charge >= 0.3 is 0 Å². The summed E-state index contributed by atoms with van der Waals surface area (Å²) in [6.45, 7) is 1.99. The number of carbonyl (C=O) groups excluding carboxylic acids is 1. The van der Waals surface area contributed by atoms with Gasteiger partial charge in [-0.3, -0.25) is 4.79 Å². The molecule has 2 nitrogen and oxygen atoms in total. The van der Waals surface area contributed by atoms with Gasteiger partial charge in [0.25, 0.3) is 0 Å². The van der Waals surface area contributed by atoms with Crippen LogP contribution in [0, 0.1) is 5.92 Å². The van der Waals surface area contributed by atoms with E-state index in [1.54, 1.807) is 0 Å². The molecule has 1 amide bonds. The summed E-state index contributed by atoms with van der Waals surface area (Å²) >= 11 is 3.44. The molecule has 0 N–H and O–H groups in total. The highest BCUT2D eigenvalue weighted by atomic mass is 79.9. The van der Waals surface area contributed by atoms with Crippen LogP contribution in [0.15, 0.2) is 59.1 Å². The molecule has 96 valence electrons. The van der Waals surface area contributed by atoms with Crippen molar-refractivity contribution in [1.29, 1.82) is 0 Å². The third-order valence-electron chi connectivity index (χ3n) is 3.62. The lowest BCUT2D eigenvalue weighted by Gasteiger charge is -2.46. The average Bonchev–Trinajstić information content (AvgIpc) is 2.46. The van der Waals surface area contributed by atoms with Gasteiger partial charge in [-0.05, 0) is 29.8 Å². The number of para-hydroxylation sites is 1. The van der Waals surface area contributed by atoms with Crippen molar-refractivity contribution in [3.8, 4) is 0 Å². The fraction of sp³-hybridized carbons (Fsp3) is 0.188. The van der Waals surface area contributed by atoms with Gasteiger partial charge in [0, 0.05) is 10.2 Å². The fourth-order valence-electron chi connectivity index (χ4n) is 2.61. The Morgan fingerprint density at radius 2 is 1.63 bits per heavy atom. The van der Waals surface area contributed by atoms with Gasteiger partial charge in [-0.2, -0.15) is 0 Å². The van der Waals surface area contributed by atoms with E-state index in [1.807, 2.05) is 54.3 Å². The van der Waals surface area contributed by atoms with Gasteiger partial charge < -0.3 is 4.90 Å². The van der Waals surface area contributed by atoms with Gasteiger partial charge in [0.2, 0.25) is 5.91 Å². The lowest BCUT2D eigenvalue weighted by Crippen LogP contribution is -2.54. The second kappa shape index (κ2) is 4.82. The Labute approximate surface area is 121 Å². The Kier molecular flexibility index (Phi) is 3.15. The number of hydrogen-bond donors (Lipinski definition) is 0. The molecular weight excluding hydrogens is 302 g/mol. The molecule has 2 aromatic rings. The van der Waals surface area contributed by atoms with Crippen molar-refractivity contribution in [2.24, 2.45) is 5.92 Å². The molecule has 2 atom stereocenters. The SMILES string of the molecule is C[C@H]1C(=O)N(c2ccccc2)[C@@H]1c1ccc(Br)cc1. The van der Waals surface area contributed by atoms with Crippen LogP contribution in [-0.4, -0.2) is 5.91 Å². The molecule has 1 fully saturated rings. The molecule has 3 heteroatoms. The summed E-state index contributed by atoms with van der Waals surface area (Å²) in [4.78, 5) is 14.0. The number of amides is 1. The number of rotatable bonds is 2. The topological polar surface area (TPSA) is 20.3 Å². The number of benzene rings is 2. The van der Waals surface area contributed by atoms with E-state index >= 15 is 0 Å². The molecule has 1 aliphatic rings. The van der Waals surface area contributed by atoms with Gasteiger partial charge in [-0.1, -0.05) is 53.2 Å². The minimum atomic E-state index is 0.0429. The second-order valence-corrected chi connectivity index (χ2v) is 5.74. The van der Waals surface area contributed by atoms with Gasteiger partial charge in [0.05, 0.1) is 12.0 Å². The molecule has 0 saturated carbocycles. The zero-order valence-corrected chi connectivity index (χ0v) is 12.2. The summed E-state index contributed by atoms with van der Waals surface area (Å²) in [5.74, 6) is 0.237. The van der Waals surface area contributed by atoms with Crippen molar-refractivity contribution < 1.29 is 4.79 Å². The van der Waals surface area contributed by atoms with Gasteiger partial charge in [-0.25, -0.2) is 0 Å². The van der Waals surface area contributed by atoms with E-state index in [2.05, 4.69) is 28.1 Å². The summed E-state index contributed by atoms with van der Waals surface area (Å²) in [6, 6.07) is 18.2. The fourth-order valence-corrected chi connectivity index (χ4v) is 2.87. The van der Waals surface area contributed by atoms with Crippen molar-refractivity contribution in [1.82, 2.24) is 0 Å². The van der Waals surface area contributed by atoms with E-state index in [0.29, 0.717) is 0 Å². The minimum absolute atomic E-state index is 0.0429. The largest absolute Gasteiger partial charge is 0.304 e. The van der Waals surface area contributed by atoms with E-state index in [4.69, 9.17) is 0 Å². The molecule has 1 aliphatic heterocycles. The first kappa shape index (κ1) is 12.4. The molecule has 1 saturated heterocycles. The van der Waals surface area contributed by atoms with Gasteiger partial charge in [0.15, 0.2) is 0 Å². The Morgan fingerprint density at radius 3 is 2.26 bits per heavy atom. The number of anilines is 1. The molecule has 2 aromatic carbocycles. The lowest BCUT2D eigenvalue weighted by molar-refractivity contribution is -0.129. The Hall–Kier alpha value is -1.61.